The van der Waals surface area contributed by atoms with Gasteiger partial charge in [-0.05, 0) is 18.9 Å². The molecule has 1 saturated heterocycles. The molecule has 2 aliphatic heterocycles. The molecule has 2 heterocycles. The average molecular weight is 297 g/mol. The second kappa shape index (κ2) is 5.67. The number of hydrogen-bond donors (Lipinski definition) is 1. The summed E-state index contributed by atoms with van der Waals surface area (Å²) in [5.41, 5.74) is -0.661. The van der Waals surface area contributed by atoms with Crippen molar-refractivity contribution in [2.75, 3.05) is 13.1 Å². The summed E-state index contributed by atoms with van der Waals surface area (Å²) in [6.07, 6.45) is -0.724. The summed E-state index contributed by atoms with van der Waals surface area (Å²) < 4.78 is 38.9. The van der Waals surface area contributed by atoms with Gasteiger partial charge in [-0.15, -0.1) is 0 Å². The topological polar surface area (TPSA) is 24.4 Å². The van der Waals surface area contributed by atoms with Crippen molar-refractivity contribution in [2.45, 2.75) is 24.3 Å². The van der Waals surface area contributed by atoms with Crippen molar-refractivity contribution in [1.82, 2.24) is 5.32 Å². The monoisotopic (exact) mass is 296 g/mol. The first-order valence-electron chi connectivity index (χ1n) is 5.56. The van der Waals surface area contributed by atoms with Crippen molar-refractivity contribution >= 4 is 28.4 Å². The number of aliphatic imine (C=N–C) groups is 1. The minimum Gasteiger partial charge on any atom is -0.314 e. The largest absolute Gasteiger partial charge is 0.418 e. The molecule has 0 aromatic rings. The number of nitrogens with one attached hydrogen (secondary N) is 1. The van der Waals surface area contributed by atoms with Gasteiger partial charge in [0.05, 0.1) is 5.57 Å². The Morgan fingerprint density at radius 2 is 1.94 bits per heavy atom. The molecule has 1 N–H and O–H groups in total. The van der Waals surface area contributed by atoms with Crippen LogP contribution >= 0.6 is 23.4 Å². The predicted octanol–water partition coefficient (Wildman–Crippen LogP) is 3.45. The zero-order valence-corrected chi connectivity index (χ0v) is 11.0. The number of allylic oxidation sites excluding steroid dienone is 2. The van der Waals surface area contributed by atoms with Gasteiger partial charge in [-0.25, -0.2) is 4.99 Å². The van der Waals surface area contributed by atoms with Crippen molar-refractivity contribution in [3.8, 4) is 0 Å². The Morgan fingerprint density at radius 3 is 2.50 bits per heavy atom. The number of nitrogens with zero attached hydrogens (tertiary/aromatic N) is 1. The summed E-state index contributed by atoms with van der Waals surface area (Å²) in [6.45, 7) is 1.41. The zero-order valence-electron chi connectivity index (χ0n) is 9.43. The van der Waals surface area contributed by atoms with Crippen LogP contribution < -0.4 is 5.32 Å². The van der Waals surface area contributed by atoms with E-state index in [0.29, 0.717) is 25.9 Å². The normalized spacial score (nSPS) is 31.0. The number of thioether (sulfide) groups is 1. The highest BCUT2D eigenvalue weighted by Crippen LogP contribution is 2.35. The molecule has 0 aromatic carbocycles. The molecule has 0 radical (unpaired) electrons. The van der Waals surface area contributed by atoms with E-state index < -0.39 is 11.7 Å². The Morgan fingerprint density at radius 1 is 1.28 bits per heavy atom. The molecule has 1 fully saturated rings. The van der Waals surface area contributed by atoms with Crippen LogP contribution in [0.4, 0.5) is 13.2 Å². The fraction of sp³-hybridized carbons (Fsp3) is 0.545. The van der Waals surface area contributed by atoms with Crippen LogP contribution in [0.1, 0.15) is 12.8 Å². The lowest BCUT2D eigenvalue weighted by Gasteiger charge is -2.28. The summed E-state index contributed by atoms with van der Waals surface area (Å²) in [5, 5.41) is 3.28. The van der Waals surface area contributed by atoms with Gasteiger partial charge in [-0.3, -0.25) is 0 Å². The molecule has 0 spiro atoms. The van der Waals surface area contributed by atoms with E-state index >= 15 is 0 Å². The third-order valence-corrected chi connectivity index (χ3v) is 4.03. The Kier molecular flexibility index (Phi) is 4.40. The van der Waals surface area contributed by atoms with Crippen LogP contribution in [-0.4, -0.2) is 29.6 Å². The molecule has 0 unspecified atom stereocenters. The predicted molar refractivity (Wildman–Crippen MR) is 69.0 cm³/mol. The fourth-order valence-corrected chi connectivity index (χ4v) is 2.99. The van der Waals surface area contributed by atoms with Gasteiger partial charge in [0.15, 0.2) is 0 Å². The summed E-state index contributed by atoms with van der Waals surface area (Å²) in [6, 6.07) is 0. The Balaban J connectivity index is 2.27. The van der Waals surface area contributed by atoms with Crippen LogP contribution in [0.15, 0.2) is 27.9 Å². The zero-order chi connectivity index (χ0) is 13.2. The van der Waals surface area contributed by atoms with Crippen molar-refractivity contribution in [3.63, 3.8) is 0 Å². The third kappa shape index (κ3) is 3.52. The van der Waals surface area contributed by atoms with Crippen molar-refractivity contribution < 1.29 is 13.2 Å². The second-order valence-corrected chi connectivity index (χ2v) is 5.71. The molecule has 2 nitrogen and oxygen atoms in total. The number of halogens is 4. The fourth-order valence-electron chi connectivity index (χ4n) is 1.55. The second-order valence-electron chi connectivity index (χ2n) is 4.03. The molecule has 18 heavy (non-hydrogen) atoms. The van der Waals surface area contributed by atoms with Crippen LogP contribution in [-0.2, 0) is 0 Å². The Bertz CT molecular complexity index is 411. The Labute approximate surface area is 112 Å². The molecule has 0 bridgehead atoms. The summed E-state index contributed by atoms with van der Waals surface area (Å²) in [5.74, 6) is 0. The molecule has 0 aromatic heterocycles. The van der Waals surface area contributed by atoms with Gasteiger partial charge in [-0.1, -0.05) is 29.4 Å². The minimum absolute atomic E-state index is 0.0186. The van der Waals surface area contributed by atoms with E-state index in [4.69, 9.17) is 11.6 Å². The maximum Gasteiger partial charge on any atom is 0.418 e. The van der Waals surface area contributed by atoms with Gasteiger partial charge in [0.2, 0.25) is 0 Å². The van der Waals surface area contributed by atoms with E-state index in [0.717, 1.165) is 11.8 Å². The van der Waals surface area contributed by atoms with E-state index in [1.165, 1.54) is 6.08 Å². The van der Waals surface area contributed by atoms with Gasteiger partial charge >= 0.3 is 6.18 Å². The SMILES string of the molecule is FC(F)(F)C1=C/CC/C=C(Cl)/N=C\1SC1CNC1. The first-order chi connectivity index (χ1) is 8.47. The van der Waals surface area contributed by atoms with Crippen LogP contribution in [0.3, 0.4) is 0 Å². The molecule has 2 aliphatic rings. The molecule has 0 atom stereocenters. The van der Waals surface area contributed by atoms with Crippen molar-refractivity contribution in [3.05, 3.63) is 22.9 Å². The molecule has 2 rings (SSSR count). The lowest BCUT2D eigenvalue weighted by atomic mass is 10.2. The van der Waals surface area contributed by atoms with E-state index in [2.05, 4.69) is 10.3 Å². The van der Waals surface area contributed by atoms with Gasteiger partial charge < -0.3 is 5.32 Å². The number of rotatable bonds is 1. The van der Waals surface area contributed by atoms with E-state index in [1.807, 2.05) is 0 Å². The van der Waals surface area contributed by atoms with Gasteiger partial charge in [0.25, 0.3) is 0 Å². The van der Waals surface area contributed by atoms with E-state index in [1.54, 1.807) is 6.08 Å². The highest BCUT2D eigenvalue weighted by molar-refractivity contribution is 8.15. The third-order valence-electron chi connectivity index (χ3n) is 2.59. The van der Waals surface area contributed by atoms with Crippen LogP contribution in [0.2, 0.25) is 0 Å². The molecule has 0 amide bonds. The van der Waals surface area contributed by atoms with Gasteiger partial charge in [0.1, 0.15) is 10.2 Å². The molecule has 0 saturated carbocycles. The van der Waals surface area contributed by atoms with E-state index in [-0.39, 0.29) is 15.4 Å². The summed E-state index contributed by atoms with van der Waals surface area (Å²) in [4.78, 5) is 3.90. The lowest BCUT2D eigenvalue weighted by molar-refractivity contribution is -0.0860. The average Bonchev–Trinajstić information content (AvgIpc) is 2.16. The molecule has 100 valence electrons. The maximum absolute atomic E-state index is 13.0. The van der Waals surface area contributed by atoms with Crippen LogP contribution in [0.5, 0.6) is 0 Å². The number of hydrogen-bond acceptors (Lipinski definition) is 3. The van der Waals surface area contributed by atoms with Crippen LogP contribution in [0.25, 0.3) is 0 Å². The molecular formula is C11H12ClF3N2S. The minimum atomic E-state index is -4.38. The Hall–Kier alpha value is -0.460. The van der Waals surface area contributed by atoms with Gasteiger partial charge in [0, 0.05) is 18.3 Å². The van der Waals surface area contributed by atoms with E-state index in [9.17, 15) is 13.2 Å². The van der Waals surface area contributed by atoms with Crippen molar-refractivity contribution in [2.24, 2.45) is 4.99 Å². The summed E-state index contributed by atoms with van der Waals surface area (Å²) >= 11 is 6.94. The smallest absolute Gasteiger partial charge is 0.314 e. The van der Waals surface area contributed by atoms with Gasteiger partial charge in [-0.2, -0.15) is 13.2 Å². The standard InChI is InChI=1S/C11H12ClF3N2S/c12-9-4-2-1-3-8(11(13,14)15)10(17-9)18-7-5-16-6-7/h3-4,7,16H,1-2,5-6H2/b8-3+,9-4+,17-10+. The first kappa shape index (κ1) is 14.0. The maximum atomic E-state index is 13.0. The number of alkyl halides is 3. The van der Waals surface area contributed by atoms with Crippen molar-refractivity contribution in [1.29, 1.82) is 0 Å². The summed E-state index contributed by atoms with van der Waals surface area (Å²) in [7, 11) is 0. The molecule has 7 heteroatoms. The molecule has 0 aliphatic carbocycles. The quantitative estimate of drug-likeness (QED) is 0.750. The first-order valence-corrected chi connectivity index (χ1v) is 6.82. The highest BCUT2D eigenvalue weighted by Gasteiger charge is 2.38. The van der Waals surface area contributed by atoms with Crippen LogP contribution in [0, 0.1) is 0 Å². The molecular weight excluding hydrogens is 285 g/mol. The lowest BCUT2D eigenvalue weighted by Crippen LogP contribution is -2.45. The highest BCUT2D eigenvalue weighted by atomic mass is 35.5.